The lowest BCUT2D eigenvalue weighted by atomic mass is 10.0. The summed E-state index contributed by atoms with van der Waals surface area (Å²) in [6.07, 6.45) is 4.19. The van der Waals surface area contributed by atoms with Gasteiger partial charge in [-0.3, -0.25) is 9.78 Å². The Hall–Kier alpha value is -3.06. The number of aromatic nitrogens is 1. The maximum atomic E-state index is 14.6. The molecule has 7 heteroatoms. The van der Waals surface area contributed by atoms with E-state index in [1.165, 1.54) is 17.7 Å². The molecule has 0 fully saturated rings. The van der Waals surface area contributed by atoms with Crippen LogP contribution in [0, 0.1) is 16.5 Å². The van der Waals surface area contributed by atoms with Crippen molar-refractivity contribution in [1.29, 1.82) is 4.78 Å². The number of anilines is 1. The molecule has 5 rings (SSSR count). The topological polar surface area (TPSA) is 74.1 Å². The van der Waals surface area contributed by atoms with Crippen molar-refractivity contribution in [2.24, 2.45) is 5.92 Å². The molecule has 2 aliphatic rings. The van der Waals surface area contributed by atoms with E-state index in [2.05, 4.69) is 17.1 Å². The minimum Gasteiger partial charge on any atom is -0.312 e. The first-order chi connectivity index (χ1) is 15.9. The van der Waals surface area contributed by atoms with Gasteiger partial charge in [0.25, 0.3) is 0 Å². The third-order valence-electron chi connectivity index (χ3n) is 6.59. The zero-order chi connectivity index (χ0) is 23.2. The molecule has 2 heterocycles. The van der Waals surface area contributed by atoms with Crippen molar-refractivity contribution >= 4 is 21.3 Å². The largest absolute Gasteiger partial charge is 0.312 e. The van der Waals surface area contributed by atoms with Crippen LogP contribution in [-0.2, 0) is 33.8 Å². The molecule has 0 spiro atoms. The fourth-order valence-corrected chi connectivity index (χ4v) is 6.44. The summed E-state index contributed by atoms with van der Waals surface area (Å²) < 4.78 is 35.6. The van der Waals surface area contributed by atoms with Crippen LogP contribution in [0.4, 0.5) is 10.1 Å². The van der Waals surface area contributed by atoms with Gasteiger partial charge in [0.05, 0.1) is 20.3 Å². The molecule has 3 aromatic rings. The second-order valence-corrected chi connectivity index (χ2v) is 11.0. The summed E-state index contributed by atoms with van der Waals surface area (Å²) in [5.74, 6) is -0.678. The molecular formula is C26H26FN3O2S. The number of hydrogen-bond acceptors (Lipinski definition) is 4. The molecule has 1 aromatic heterocycles. The molecule has 2 aromatic carbocycles. The number of nitrogens with one attached hydrogen (secondary N) is 1. The van der Waals surface area contributed by atoms with Gasteiger partial charge in [0, 0.05) is 35.7 Å². The van der Waals surface area contributed by atoms with E-state index >= 15 is 0 Å². The van der Waals surface area contributed by atoms with Crippen molar-refractivity contribution in [3.8, 4) is 11.3 Å². The van der Waals surface area contributed by atoms with Gasteiger partial charge in [0.15, 0.2) is 0 Å². The molecule has 1 unspecified atom stereocenters. The monoisotopic (exact) mass is 463 g/mol. The Morgan fingerprint density at radius 2 is 1.97 bits per heavy atom. The minimum absolute atomic E-state index is 0.00821. The highest BCUT2D eigenvalue weighted by Gasteiger charge is 2.35. The van der Waals surface area contributed by atoms with Crippen LogP contribution < -0.4 is 4.90 Å². The Kier molecular flexibility index (Phi) is 5.52. The molecule has 33 heavy (non-hydrogen) atoms. The van der Waals surface area contributed by atoms with Crippen molar-refractivity contribution in [3.63, 3.8) is 0 Å². The van der Waals surface area contributed by atoms with Crippen LogP contribution in [0.5, 0.6) is 0 Å². The SMILES string of the molecule is CCCS(=N)(=O)c1cc2c(cc1F)CCN2C(=O)[C@@H]1Cc2ccc(-c3ccccn3)cc2C1. The Morgan fingerprint density at radius 3 is 2.73 bits per heavy atom. The van der Waals surface area contributed by atoms with E-state index in [0.717, 1.165) is 22.4 Å². The van der Waals surface area contributed by atoms with Gasteiger partial charge in [0.1, 0.15) is 5.82 Å². The van der Waals surface area contributed by atoms with Gasteiger partial charge in [-0.15, -0.1) is 0 Å². The van der Waals surface area contributed by atoms with E-state index in [0.29, 0.717) is 37.9 Å². The number of halogens is 1. The Labute approximate surface area is 193 Å². The highest BCUT2D eigenvalue weighted by Crippen LogP contribution is 2.37. The van der Waals surface area contributed by atoms with Crippen molar-refractivity contribution in [3.05, 3.63) is 77.2 Å². The molecule has 1 amide bonds. The number of fused-ring (bicyclic) bond motifs is 2. The lowest BCUT2D eigenvalue weighted by Crippen LogP contribution is -2.35. The van der Waals surface area contributed by atoms with Gasteiger partial charge in [-0.1, -0.05) is 25.1 Å². The number of carbonyl (C=O) groups is 1. The highest BCUT2D eigenvalue weighted by molar-refractivity contribution is 7.92. The van der Waals surface area contributed by atoms with Gasteiger partial charge in [-0.2, -0.15) is 0 Å². The summed E-state index contributed by atoms with van der Waals surface area (Å²) in [5, 5.41) is 0. The van der Waals surface area contributed by atoms with Crippen molar-refractivity contribution in [2.45, 2.75) is 37.5 Å². The van der Waals surface area contributed by atoms with Crippen molar-refractivity contribution in [2.75, 3.05) is 17.2 Å². The average Bonchev–Trinajstić information content (AvgIpc) is 3.42. The maximum absolute atomic E-state index is 14.6. The molecular weight excluding hydrogens is 437 g/mol. The summed E-state index contributed by atoms with van der Waals surface area (Å²) in [4.78, 5) is 19.5. The molecule has 1 aliphatic heterocycles. The number of pyridine rings is 1. The standard InChI is InChI=1S/C26H26FN3O2S/c1-2-11-33(28,32)25-16-24-19(15-22(25)27)8-10-30(24)26(31)21-12-17-6-7-18(13-20(17)14-21)23-5-3-4-9-29-23/h3-7,9,13,15-16,21,28H,2,8,10-12,14H2,1H3/t21-,33?/m1/s1. The number of rotatable bonds is 5. The molecule has 0 radical (unpaired) electrons. The number of hydrogen-bond donors (Lipinski definition) is 1. The Bertz CT molecular complexity index is 1340. The minimum atomic E-state index is -3.22. The van der Waals surface area contributed by atoms with Gasteiger partial charge >= 0.3 is 0 Å². The van der Waals surface area contributed by atoms with Crippen LogP contribution >= 0.6 is 0 Å². The van der Waals surface area contributed by atoms with Crippen molar-refractivity contribution in [1.82, 2.24) is 4.98 Å². The van der Waals surface area contributed by atoms with Crippen molar-refractivity contribution < 1.29 is 13.4 Å². The number of amides is 1. The van der Waals surface area contributed by atoms with Gasteiger partial charge in [-0.05, 0) is 72.7 Å². The van der Waals surface area contributed by atoms with Crippen LogP contribution in [-0.4, -0.2) is 27.4 Å². The van der Waals surface area contributed by atoms with E-state index < -0.39 is 15.5 Å². The normalized spacial score (nSPS) is 18.6. The van der Waals surface area contributed by atoms with E-state index in [-0.39, 0.29) is 22.5 Å². The van der Waals surface area contributed by atoms with Gasteiger partial charge in [0.2, 0.25) is 5.91 Å². The fraction of sp³-hybridized carbons (Fsp3) is 0.308. The highest BCUT2D eigenvalue weighted by atomic mass is 32.2. The fourth-order valence-electron chi connectivity index (χ4n) is 4.97. The van der Waals surface area contributed by atoms with E-state index in [4.69, 9.17) is 4.78 Å². The van der Waals surface area contributed by atoms with E-state index in [9.17, 15) is 13.4 Å². The smallest absolute Gasteiger partial charge is 0.230 e. The summed E-state index contributed by atoms with van der Waals surface area (Å²) in [6, 6.07) is 14.9. The number of carbonyl (C=O) groups excluding carboxylic acids is 1. The first-order valence-electron chi connectivity index (χ1n) is 11.3. The Morgan fingerprint density at radius 1 is 1.15 bits per heavy atom. The molecule has 0 saturated carbocycles. The molecule has 0 bridgehead atoms. The zero-order valence-corrected chi connectivity index (χ0v) is 19.3. The molecule has 1 aliphatic carbocycles. The zero-order valence-electron chi connectivity index (χ0n) is 18.5. The lowest BCUT2D eigenvalue weighted by molar-refractivity contribution is -0.122. The molecule has 1 N–H and O–H groups in total. The second kappa shape index (κ2) is 8.37. The van der Waals surface area contributed by atoms with E-state index in [1.54, 1.807) is 11.1 Å². The molecule has 2 atom stereocenters. The maximum Gasteiger partial charge on any atom is 0.230 e. The van der Waals surface area contributed by atoms with E-state index in [1.807, 2.05) is 31.2 Å². The van der Waals surface area contributed by atoms with Crippen LogP contribution in [0.15, 0.2) is 59.6 Å². The quantitative estimate of drug-likeness (QED) is 0.578. The number of benzene rings is 2. The molecule has 170 valence electrons. The second-order valence-electron chi connectivity index (χ2n) is 8.83. The van der Waals surface area contributed by atoms with Crippen LogP contribution in [0.3, 0.4) is 0 Å². The molecule has 0 saturated heterocycles. The Balaban J connectivity index is 1.40. The predicted octanol–water partition coefficient (Wildman–Crippen LogP) is 5.01. The number of nitrogens with zero attached hydrogens (tertiary/aromatic N) is 2. The third-order valence-corrected chi connectivity index (χ3v) is 8.60. The average molecular weight is 464 g/mol. The first kappa shape index (κ1) is 21.8. The van der Waals surface area contributed by atoms with Crippen LogP contribution in [0.25, 0.3) is 11.3 Å². The molecule has 5 nitrogen and oxygen atoms in total. The van der Waals surface area contributed by atoms with Crippen LogP contribution in [0.2, 0.25) is 0 Å². The van der Waals surface area contributed by atoms with Crippen LogP contribution in [0.1, 0.15) is 30.0 Å². The predicted molar refractivity (Wildman–Crippen MR) is 127 cm³/mol. The third kappa shape index (κ3) is 3.95. The summed E-state index contributed by atoms with van der Waals surface area (Å²) in [7, 11) is -3.22. The summed E-state index contributed by atoms with van der Waals surface area (Å²) in [5.41, 5.74) is 5.62. The first-order valence-corrected chi connectivity index (χ1v) is 13.0. The van der Waals surface area contributed by atoms with Gasteiger partial charge in [-0.25, -0.2) is 13.4 Å². The van der Waals surface area contributed by atoms with Gasteiger partial charge < -0.3 is 4.90 Å². The lowest BCUT2D eigenvalue weighted by Gasteiger charge is -2.22. The summed E-state index contributed by atoms with van der Waals surface area (Å²) >= 11 is 0. The summed E-state index contributed by atoms with van der Waals surface area (Å²) in [6.45, 7) is 2.31.